The van der Waals surface area contributed by atoms with Gasteiger partial charge in [0.1, 0.15) is 11.5 Å². The van der Waals surface area contributed by atoms with Crippen molar-refractivity contribution in [2.24, 2.45) is 5.10 Å². The molecule has 0 heterocycles. The zero-order valence-corrected chi connectivity index (χ0v) is 13.1. The van der Waals surface area contributed by atoms with Gasteiger partial charge in [0.2, 0.25) is 5.91 Å². The molecule has 6 nitrogen and oxygen atoms in total. The van der Waals surface area contributed by atoms with Gasteiger partial charge in [-0.2, -0.15) is 5.10 Å². The molecule has 0 fully saturated rings. The van der Waals surface area contributed by atoms with Gasteiger partial charge in [-0.25, -0.2) is 5.43 Å². The molecule has 0 spiro atoms. The van der Waals surface area contributed by atoms with E-state index in [2.05, 4.69) is 10.5 Å². The lowest BCUT2D eigenvalue weighted by molar-refractivity contribution is -0.120. The fourth-order valence-corrected chi connectivity index (χ4v) is 1.97. The predicted octanol–water partition coefficient (Wildman–Crippen LogP) is 1.98. The number of amides is 1. The van der Waals surface area contributed by atoms with Gasteiger partial charge < -0.3 is 15.2 Å². The van der Waals surface area contributed by atoms with Gasteiger partial charge in [0, 0.05) is 11.3 Å². The molecule has 2 aromatic rings. The highest BCUT2D eigenvalue weighted by Crippen LogP contribution is 2.22. The standard InChI is InChI=1S/C17H19N3O3/c1-22-15-7-8-16(23-2)13(10-15)11-19-20-17(21)9-12-3-5-14(18)6-4-12/h3-8,10-11H,9,18H2,1-2H3,(H,20,21)/b19-11-. The van der Waals surface area contributed by atoms with Crippen LogP contribution in [0.15, 0.2) is 47.6 Å². The summed E-state index contributed by atoms with van der Waals surface area (Å²) in [5, 5.41) is 3.95. The Balaban J connectivity index is 1.98. The first-order chi connectivity index (χ1) is 11.1. The molecule has 23 heavy (non-hydrogen) atoms. The summed E-state index contributed by atoms with van der Waals surface area (Å²) >= 11 is 0. The number of hydrogen-bond acceptors (Lipinski definition) is 5. The SMILES string of the molecule is COc1ccc(OC)c(/C=N\NC(=O)Cc2ccc(N)cc2)c1. The number of hydrogen-bond donors (Lipinski definition) is 2. The van der Waals surface area contributed by atoms with Gasteiger partial charge in [0.25, 0.3) is 0 Å². The van der Waals surface area contributed by atoms with Crippen molar-refractivity contribution in [3.8, 4) is 11.5 Å². The van der Waals surface area contributed by atoms with Gasteiger partial charge >= 0.3 is 0 Å². The zero-order valence-electron chi connectivity index (χ0n) is 13.1. The molecule has 0 radical (unpaired) electrons. The van der Waals surface area contributed by atoms with Crippen LogP contribution in [0.2, 0.25) is 0 Å². The molecule has 0 atom stereocenters. The van der Waals surface area contributed by atoms with Crippen LogP contribution in [0.1, 0.15) is 11.1 Å². The first-order valence-corrected chi connectivity index (χ1v) is 7.00. The number of hydrazone groups is 1. The summed E-state index contributed by atoms with van der Waals surface area (Å²) in [6.07, 6.45) is 1.75. The number of nitrogen functional groups attached to an aromatic ring is 1. The van der Waals surface area contributed by atoms with E-state index in [1.807, 2.05) is 12.1 Å². The molecule has 0 aliphatic heterocycles. The molecule has 2 rings (SSSR count). The van der Waals surface area contributed by atoms with Crippen LogP contribution in [0.4, 0.5) is 5.69 Å². The highest BCUT2D eigenvalue weighted by atomic mass is 16.5. The highest BCUT2D eigenvalue weighted by molar-refractivity contribution is 5.86. The molecule has 0 saturated heterocycles. The van der Waals surface area contributed by atoms with Crippen molar-refractivity contribution in [2.75, 3.05) is 20.0 Å². The lowest BCUT2D eigenvalue weighted by Crippen LogP contribution is -2.19. The summed E-state index contributed by atoms with van der Waals surface area (Å²) < 4.78 is 10.4. The molecule has 1 amide bonds. The molecule has 2 aromatic carbocycles. The number of methoxy groups -OCH3 is 2. The fourth-order valence-electron chi connectivity index (χ4n) is 1.97. The average Bonchev–Trinajstić information content (AvgIpc) is 2.57. The fraction of sp³-hybridized carbons (Fsp3) is 0.176. The molecule has 120 valence electrons. The number of ether oxygens (including phenoxy) is 2. The van der Waals surface area contributed by atoms with E-state index in [1.54, 1.807) is 44.6 Å². The summed E-state index contributed by atoms with van der Waals surface area (Å²) in [4.78, 5) is 11.9. The van der Waals surface area contributed by atoms with E-state index in [-0.39, 0.29) is 12.3 Å². The van der Waals surface area contributed by atoms with Crippen LogP contribution >= 0.6 is 0 Å². The number of nitrogens with two attached hydrogens (primary N) is 1. The number of nitrogens with one attached hydrogen (secondary N) is 1. The Hall–Kier alpha value is -3.02. The van der Waals surface area contributed by atoms with E-state index < -0.39 is 0 Å². The maximum absolute atomic E-state index is 11.9. The van der Waals surface area contributed by atoms with Crippen molar-refractivity contribution in [1.29, 1.82) is 0 Å². The zero-order chi connectivity index (χ0) is 16.7. The van der Waals surface area contributed by atoms with Gasteiger partial charge in [-0.15, -0.1) is 0 Å². The van der Waals surface area contributed by atoms with Crippen molar-refractivity contribution in [2.45, 2.75) is 6.42 Å². The highest BCUT2D eigenvalue weighted by Gasteiger charge is 2.04. The second-order valence-corrected chi connectivity index (χ2v) is 4.82. The molecule has 3 N–H and O–H groups in total. The van der Waals surface area contributed by atoms with E-state index in [0.717, 1.165) is 5.56 Å². The maximum Gasteiger partial charge on any atom is 0.244 e. The Morgan fingerprint density at radius 1 is 1.17 bits per heavy atom. The second-order valence-electron chi connectivity index (χ2n) is 4.82. The normalized spacial score (nSPS) is 10.5. The van der Waals surface area contributed by atoms with Crippen molar-refractivity contribution < 1.29 is 14.3 Å². The van der Waals surface area contributed by atoms with Gasteiger partial charge in [-0.3, -0.25) is 4.79 Å². The third kappa shape index (κ3) is 4.74. The van der Waals surface area contributed by atoms with Crippen LogP contribution in [0.3, 0.4) is 0 Å². The Morgan fingerprint density at radius 3 is 2.57 bits per heavy atom. The van der Waals surface area contributed by atoms with Crippen LogP contribution < -0.4 is 20.6 Å². The van der Waals surface area contributed by atoms with Gasteiger partial charge in [0.05, 0.1) is 26.9 Å². The lowest BCUT2D eigenvalue weighted by atomic mass is 10.1. The Labute approximate surface area is 134 Å². The third-order valence-electron chi connectivity index (χ3n) is 3.17. The van der Waals surface area contributed by atoms with Crippen LogP contribution in [0.5, 0.6) is 11.5 Å². The summed E-state index contributed by atoms with van der Waals surface area (Å²) in [5.74, 6) is 1.11. The summed E-state index contributed by atoms with van der Waals surface area (Å²) in [6, 6.07) is 12.5. The van der Waals surface area contributed by atoms with Crippen molar-refractivity contribution >= 4 is 17.8 Å². The molecular formula is C17H19N3O3. The van der Waals surface area contributed by atoms with E-state index in [4.69, 9.17) is 15.2 Å². The van der Waals surface area contributed by atoms with E-state index in [0.29, 0.717) is 22.7 Å². The molecule has 6 heteroatoms. The van der Waals surface area contributed by atoms with Crippen LogP contribution in [-0.4, -0.2) is 26.3 Å². The monoisotopic (exact) mass is 313 g/mol. The van der Waals surface area contributed by atoms with Gasteiger partial charge in [0.15, 0.2) is 0 Å². The van der Waals surface area contributed by atoms with Crippen LogP contribution in [0.25, 0.3) is 0 Å². The number of carbonyl (C=O) groups excluding carboxylic acids is 1. The van der Waals surface area contributed by atoms with Crippen molar-refractivity contribution in [1.82, 2.24) is 5.43 Å². The summed E-state index contributed by atoms with van der Waals surface area (Å²) in [5.41, 5.74) is 10.3. The molecule has 0 saturated carbocycles. The Bertz CT molecular complexity index is 697. The first kappa shape index (κ1) is 16.4. The second kappa shape index (κ2) is 7.84. The number of rotatable bonds is 6. The topological polar surface area (TPSA) is 85.9 Å². The number of anilines is 1. The molecule has 0 unspecified atom stereocenters. The summed E-state index contributed by atoms with van der Waals surface area (Å²) in [7, 11) is 3.15. The smallest absolute Gasteiger partial charge is 0.244 e. The minimum Gasteiger partial charge on any atom is -0.497 e. The Morgan fingerprint density at radius 2 is 1.91 bits per heavy atom. The van der Waals surface area contributed by atoms with Gasteiger partial charge in [-0.05, 0) is 35.9 Å². The molecule has 0 aliphatic carbocycles. The van der Waals surface area contributed by atoms with E-state index >= 15 is 0 Å². The van der Waals surface area contributed by atoms with Crippen molar-refractivity contribution in [3.63, 3.8) is 0 Å². The number of nitrogens with zero attached hydrogens (tertiary/aromatic N) is 1. The minimum absolute atomic E-state index is 0.215. The average molecular weight is 313 g/mol. The molecule has 0 aliphatic rings. The number of carbonyl (C=O) groups is 1. The predicted molar refractivity (Wildman–Crippen MR) is 89.8 cm³/mol. The van der Waals surface area contributed by atoms with Crippen molar-refractivity contribution in [3.05, 3.63) is 53.6 Å². The van der Waals surface area contributed by atoms with E-state index in [1.165, 1.54) is 6.21 Å². The first-order valence-electron chi connectivity index (χ1n) is 7.00. The largest absolute Gasteiger partial charge is 0.497 e. The lowest BCUT2D eigenvalue weighted by Gasteiger charge is -2.06. The van der Waals surface area contributed by atoms with Gasteiger partial charge in [-0.1, -0.05) is 12.1 Å². The Kier molecular flexibility index (Phi) is 5.57. The quantitative estimate of drug-likeness (QED) is 0.485. The maximum atomic E-state index is 11.9. The van der Waals surface area contributed by atoms with E-state index in [9.17, 15) is 4.79 Å². The minimum atomic E-state index is -0.215. The van der Waals surface area contributed by atoms with Crippen LogP contribution in [0, 0.1) is 0 Å². The summed E-state index contributed by atoms with van der Waals surface area (Å²) in [6.45, 7) is 0. The molecular weight excluding hydrogens is 294 g/mol. The van der Waals surface area contributed by atoms with Crippen LogP contribution in [-0.2, 0) is 11.2 Å². The number of benzene rings is 2. The molecule has 0 bridgehead atoms. The third-order valence-corrected chi connectivity index (χ3v) is 3.17. The molecule has 0 aromatic heterocycles.